The van der Waals surface area contributed by atoms with E-state index in [0.717, 1.165) is 17.7 Å². The van der Waals surface area contributed by atoms with Gasteiger partial charge in [0, 0.05) is 18.1 Å². The highest BCUT2D eigenvalue weighted by Crippen LogP contribution is 2.31. The lowest BCUT2D eigenvalue weighted by molar-refractivity contribution is -0.118. The highest BCUT2D eigenvalue weighted by Gasteiger charge is 2.27. The molecule has 1 amide bonds. The summed E-state index contributed by atoms with van der Waals surface area (Å²) in [4.78, 5) is 24.6. The Balaban J connectivity index is 1.74. The number of hydrogen-bond donors (Lipinski definition) is 2. The topological polar surface area (TPSA) is 130 Å². The Bertz CT molecular complexity index is 1160. The SMILES string of the molecule is CC(C)(C)Cc1cc(CC(=O)Cc2ccc(-c3nn(C(C)(C)C)c(N)c3C(N)=O)cc2)on1. The molecule has 0 fully saturated rings. The summed E-state index contributed by atoms with van der Waals surface area (Å²) >= 11 is 0. The summed E-state index contributed by atoms with van der Waals surface area (Å²) in [5.74, 6) is 0.211. The van der Waals surface area contributed by atoms with Crippen LogP contribution < -0.4 is 11.5 Å². The fraction of sp³-hybridized carbons (Fsp3) is 0.440. The molecule has 0 aliphatic rings. The Hall–Kier alpha value is -3.42. The highest BCUT2D eigenvalue weighted by atomic mass is 16.5. The number of carbonyl (C=O) groups is 2. The van der Waals surface area contributed by atoms with Gasteiger partial charge in [-0.3, -0.25) is 9.59 Å². The molecular formula is C25H33N5O3. The minimum Gasteiger partial charge on any atom is -0.383 e. The first-order chi connectivity index (χ1) is 15.2. The van der Waals surface area contributed by atoms with Gasteiger partial charge < -0.3 is 16.0 Å². The second-order valence-electron chi connectivity index (χ2n) is 10.7. The number of carbonyl (C=O) groups excluding carboxylic acids is 2. The van der Waals surface area contributed by atoms with Crippen LogP contribution in [0.1, 0.15) is 68.9 Å². The Morgan fingerprint density at radius 1 is 1.03 bits per heavy atom. The Morgan fingerprint density at radius 2 is 1.67 bits per heavy atom. The molecule has 8 heteroatoms. The number of nitrogens with two attached hydrogens (primary N) is 2. The summed E-state index contributed by atoms with van der Waals surface area (Å²) in [6, 6.07) is 9.18. The third-order valence-electron chi connectivity index (χ3n) is 5.12. The van der Waals surface area contributed by atoms with Crippen LogP contribution in [-0.4, -0.2) is 26.6 Å². The second-order valence-corrected chi connectivity index (χ2v) is 10.7. The van der Waals surface area contributed by atoms with Crippen LogP contribution in [0.4, 0.5) is 5.82 Å². The van der Waals surface area contributed by atoms with Crippen molar-refractivity contribution in [2.45, 2.75) is 66.3 Å². The normalized spacial score (nSPS) is 12.2. The van der Waals surface area contributed by atoms with Gasteiger partial charge in [-0.05, 0) is 38.2 Å². The molecule has 0 unspecified atom stereocenters. The molecule has 2 aromatic heterocycles. The van der Waals surface area contributed by atoms with Crippen LogP contribution in [0.3, 0.4) is 0 Å². The van der Waals surface area contributed by atoms with E-state index in [1.807, 2.05) is 51.1 Å². The number of benzene rings is 1. The van der Waals surface area contributed by atoms with E-state index >= 15 is 0 Å². The van der Waals surface area contributed by atoms with Crippen LogP contribution in [-0.2, 0) is 29.6 Å². The Morgan fingerprint density at radius 3 is 2.21 bits per heavy atom. The number of hydrogen-bond acceptors (Lipinski definition) is 6. The van der Waals surface area contributed by atoms with E-state index in [1.54, 1.807) is 4.68 Å². The van der Waals surface area contributed by atoms with Gasteiger partial charge in [-0.1, -0.05) is 50.2 Å². The molecule has 0 aliphatic heterocycles. The van der Waals surface area contributed by atoms with Gasteiger partial charge >= 0.3 is 0 Å². The zero-order valence-electron chi connectivity index (χ0n) is 20.2. The average molecular weight is 452 g/mol. The largest absolute Gasteiger partial charge is 0.383 e. The lowest BCUT2D eigenvalue weighted by Gasteiger charge is -2.20. The first kappa shape index (κ1) is 24.2. The van der Waals surface area contributed by atoms with Gasteiger partial charge in [-0.2, -0.15) is 5.10 Å². The number of amides is 1. The molecule has 3 aromatic rings. The maximum Gasteiger partial charge on any atom is 0.254 e. The zero-order chi connectivity index (χ0) is 24.6. The van der Waals surface area contributed by atoms with E-state index in [4.69, 9.17) is 16.0 Å². The summed E-state index contributed by atoms with van der Waals surface area (Å²) in [6.45, 7) is 12.2. The molecule has 0 saturated heterocycles. The van der Waals surface area contributed by atoms with Crippen molar-refractivity contribution in [2.24, 2.45) is 11.1 Å². The molecule has 0 aliphatic carbocycles. The molecule has 3 rings (SSSR count). The summed E-state index contributed by atoms with van der Waals surface area (Å²) in [7, 11) is 0. The van der Waals surface area contributed by atoms with Crippen molar-refractivity contribution in [3.63, 3.8) is 0 Å². The molecule has 0 atom stereocenters. The Labute approximate surface area is 194 Å². The number of primary amides is 1. The molecular weight excluding hydrogens is 418 g/mol. The van der Waals surface area contributed by atoms with E-state index in [9.17, 15) is 9.59 Å². The van der Waals surface area contributed by atoms with Gasteiger partial charge in [-0.15, -0.1) is 0 Å². The smallest absolute Gasteiger partial charge is 0.254 e. The molecule has 4 N–H and O–H groups in total. The summed E-state index contributed by atoms with van der Waals surface area (Å²) in [6.07, 6.45) is 1.24. The number of nitrogen functional groups attached to an aromatic ring is 1. The molecule has 0 radical (unpaired) electrons. The summed E-state index contributed by atoms with van der Waals surface area (Å²) < 4.78 is 6.94. The first-order valence-electron chi connectivity index (χ1n) is 11.0. The van der Waals surface area contributed by atoms with Crippen LogP contribution in [0.5, 0.6) is 0 Å². The highest BCUT2D eigenvalue weighted by molar-refractivity contribution is 6.03. The monoisotopic (exact) mass is 451 g/mol. The van der Waals surface area contributed by atoms with Crippen LogP contribution in [0.25, 0.3) is 11.3 Å². The fourth-order valence-electron chi connectivity index (χ4n) is 3.72. The van der Waals surface area contributed by atoms with Crippen LogP contribution in [0.15, 0.2) is 34.9 Å². The number of Topliss-reactive ketones (excluding diaryl/α,β-unsaturated/α-hetero) is 1. The van der Waals surface area contributed by atoms with Gasteiger partial charge in [-0.25, -0.2) is 4.68 Å². The molecule has 176 valence electrons. The van der Waals surface area contributed by atoms with Crippen molar-refractivity contribution >= 4 is 17.5 Å². The van der Waals surface area contributed by atoms with Crippen LogP contribution >= 0.6 is 0 Å². The molecule has 0 spiro atoms. The average Bonchev–Trinajstić information content (AvgIpc) is 3.24. The minimum atomic E-state index is -0.629. The maximum absolute atomic E-state index is 12.6. The number of ketones is 1. The standard InChI is InChI=1S/C25H33N5O3/c1-24(2,3)14-17-12-19(33-29-17)13-18(31)11-15-7-9-16(10-8-15)21-20(23(27)32)22(26)30(28-21)25(4,5)6/h7-10,12H,11,13-14,26H2,1-6H3,(H2,27,32). The molecule has 0 bridgehead atoms. The van der Waals surface area contributed by atoms with Gasteiger partial charge in [0.05, 0.1) is 17.7 Å². The van der Waals surface area contributed by atoms with Gasteiger partial charge in [0.25, 0.3) is 5.91 Å². The Kier molecular flexibility index (Phi) is 6.49. The molecule has 33 heavy (non-hydrogen) atoms. The van der Waals surface area contributed by atoms with E-state index < -0.39 is 11.4 Å². The number of anilines is 1. The van der Waals surface area contributed by atoms with E-state index in [0.29, 0.717) is 17.0 Å². The van der Waals surface area contributed by atoms with Crippen LogP contribution in [0.2, 0.25) is 0 Å². The number of aromatic nitrogens is 3. The van der Waals surface area contributed by atoms with E-state index in [-0.39, 0.29) is 35.4 Å². The van der Waals surface area contributed by atoms with E-state index in [1.165, 1.54) is 0 Å². The molecule has 0 saturated carbocycles. The number of nitrogens with zero attached hydrogens (tertiary/aromatic N) is 3. The minimum absolute atomic E-state index is 0.0280. The van der Waals surface area contributed by atoms with Gasteiger partial charge in [0.15, 0.2) is 0 Å². The fourth-order valence-corrected chi connectivity index (χ4v) is 3.72. The maximum atomic E-state index is 12.6. The van der Waals surface area contributed by atoms with Gasteiger partial charge in [0.1, 0.15) is 28.6 Å². The van der Waals surface area contributed by atoms with Crippen molar-refractivity contribution in [3.05, 3.63) is 52.9 Å². The van der Waals surface area contributed by atoms with Crippen molar-refractivity contribution in [2.75, 3.05) is 5.73 Å². The summed E-state index contributed by atoms with van der Waals surface area (Å²) in [5.41, 5.74) is 14.5. The molecule has 2 heterocycles. The number of rotatable bonds is 7. The van der Waals surface area contributed by atoms with Gasteiger partial charge in [0.2, 0.25) is 0 Å². The molecule has 1 aromatic carbocycles. The van der Waals surface area contributed by atoms with Crippen molar-refractivity contribution in [1.82, 2.24) is 14.9 Å². The first-order valence-corrected chi connectivity index (χ1v) is 11.0. The van der Waals surface area contributed by atoms with Crippen molar-refractivity contribution < 1.29 is 14.1 Å². The van der Waals surface area contributed by atoms with Crippen molar-refractivity contribution in [3.8, 4) is 11.3 Å². The molecule has 8 nitrogen and oxygen atoms in total. The quantitative estimate of drug-likeness (QED) is 0.560. The zero-order valence-corrected chi connectivity index (χ0v) is 20.2. The second kappa shape index (κ2) is 8.84. The lowest BCUT2D eigenvalue weighted by Crippen LogP contribution is -2.25. The van der Waals surface area contributed by atoms with Crippen LogP contribution in [0, 0.1) is 5.41 Å². The van der Waals surface area contributed by atoms with Crippen molar-refractivity contribution in [1.29, 1.82) is 0 Å². The third kappa shape index (κ3) is 5.88. The van der Waals surface area contributed by atoms with E-state index in [2.05, 4.69) is 31.0 Å². The third-order valence-corrected chi connectivity index (χ3v) is 5.12. The predicted molar refractivity (Wildman–Crippen MR) is 128 cm³/mol. The predicted octanol–water partition coefficient (Wildman–Crippen LogP) is 3.92. The lowest BCUT2D eigenvalue weighted by atomic mass is 9.90. The summed E-state index contributed by atoms with van der Waals surface area (Å²) in [5, 5.41) is 8.62.